The van der Waals surface area contributed by atoms with Crippen molar-refractivity contribution in [1.29, 1.82) is 0 Å². The van der Waals surface area contributed by atoms with E-state index in [4.69, 9.17) is 0 Å². The highest BCUT2D eigenvalue weighted by atomic mass is 32.1. The van der Waals surface area contributed by atoms with Gasteiger partial charge in [0.05, 0.1) is 5.01 Å². The van der Waals surface area contributed by atoms with Crippen LogP contribution in [0.25, 0.3) is 0 Å². The number of fused-ring (bicyclic) bond motifs is 1. The molecule has 1 heterocycles. The maximum atomic E-state index is 4.64. The fourth-order valence-corrected chi connectivity index (χ4v) is 3.77. The number of hydrogen-bond acceptors (Lipinski definition) is 3. The molecule has 2 nitrogen and oxygen atoms in total. The van der Waals surface area contributed by atoms with Gasteiger partial charge in [-0.05, 0) is 36.9 Å². The average Bonchev–Trinajstić information content (AvgIpc) is 2.93. The monoisotopic (exact) mass is 272 g/mol. The van der Waals surface area contributed by atoms with Crippen LogP contribution in [-0.4, -0.2) is 11.5 Å². The second-order valence-corrected chi connectivity index (χ2v) is 6.30. The average molecular weight is 272 g/mol. The third kappa shape index (κ3) is 2.88. The van der Waals surface area contributed by atoms with E-state index in [1.165, 1.54) is 33.9 Å². The molecule has 3 heteroatoms. The van der Waals surface area contributed by atoms with Crippen LogP contribution in [-0.2, 0) is 19.4 Å². The van der Waals surface area contributed by atoms with E-state index in [0.29, 0.717) is 5.92 Å². The summed E-state index contributed by atoms with van der Waals surface area (Å²) >= 11 is 1.88. The molecule has 0 saturated carbocycles. The van der Waals surface area contributed by atoms with Crippen LogP contribution in [0.5, 0.6) is 0 Å². The topological polar surface area (TPSA) is 24.9 Å². The van der Waals surface area contributed by atoms with Crippen molar-refractivity contribution < 1.29 is 0 Å². The Labute approximate surface area is 118 Å². The largest absolute Gasteiger partial charge is 0.312 e. The van der Waals surface area contributed by atoms with Gasteiger partial charge in [0, 0.05) is 23.5 Å². The van der Waals surface area contributed by atoms with Crippen LogP contribution in [0, 0.1) is 0 Å². The third-order valence-electron chi connectivity index (χ3n) is 3.82. The lowest BCUT2D eigenvalue weighted by Crippen LogP contribution is -2.12. The summed E-state index contributed by atoms with van der Waals surface area (Å²) in [6, 6.07) is 8.84. The summed E-state index contributed by atoms with van der Waals surface area (Å²) in [7, 11) is 0. The van der Waals surface area contributed by atoms with Crippen LogP contribution in [0.3, 0.4) is 0 Å². The molecule has 1 aromatic heterocycles. The van der Waals surface area contributed by atoms with Crippen molar-refractivity contribution in [3.8, 4) is 0 Å². The van der Waals surface area contributed by atoms with Gasteiger partial charge in [0.1, 0.15) is 0 Å². The molecule has 1 N–H and O–H groups in total. The van der Waals surface area contributed by atoms with Gasteiger partial charge in [-0.15, -0.1) is 11.3 Å². The van der Waals surface area contributed by atoms with E-state index in [2.05, 4.69) is 41.5 Å². The summed E-state index contributed by atoms with van der Waals surface area (Å²) in [4.78, 5) is 6.00. The van der Waals surface area contributed by atoms with Gasteiger partial charge in [-0.2, -0.15) is 0 Å². The minimum absolute atomic E-state index is 0.621. The maximum Gasteiger partial charge on any atom is 0.0962 e. The minimum atomic E-state index is 0.621. The first kappa shape index (κ1) is 12.8. The molecular formula is C16H20N2S. The van der Waals surface area contributed by atoms with E-state index in [1.54, 1.807) is 0 Å². The second kappa shape index (κ2) is 5.85. The molecule has 0 amide bonds. The number of aryl methyl sites for hydroxylation is 1. The van der Waals surface area contributed by atoms with Crippen LogP contribution in [0.2, 0.25) is 0 Å². The normalized spacial score (nSPS) is 18.3. The molecule has 2 aromatic rings. The smallest absolute Gasteiger partial charge is 0.0962 e. The summed E-state index contributed by atoms with van der Waals surface area (Å²) < 4.78 is 0. The molecule has 19 heavy (non-hydrogen) atoms. The van der Waals surface area contributed by atoms with Crippen molar-refractivity contribution in [2.45, 2.75) is 38.6 Å². The van der Waals surface area contributed by atoms with E-state index >= 15 is 0 Å². The van der Waals surface area contributed by atoms with Crippen molar-refractivity contribution in [2.75, 3.05) is 6.54 Å². The van der Waals surface area contributed by atoms with Crippen molar-refractivity contribution in [3.63, 3.8) is 0 Å². The van der Waals surface area contributed by atoms with Gasteiger partial charge in [0.2, 0.25) is 0 Å². The Kier molecular flexibility index (Phi) is 3.95. The molecule has 0 saturated heterocycles. The van der Waals surface area contributed by atoms with Gasteiger partial charge in [0.15, 0.2) is 0 Å². The standard InChI is InChI=1S/C16H20N2S/c1-2-17-10-15-11-18-16(19-15)14-8-7-12-5-3-4-6-13(12)9-14/h3-6,11,14,17H,2,7-10H2,1H3. The highest BCUT2D eigenvalue weighted by molar-refractivity contribution is 7.11. The van der Waals surface area contributed by atoms with E-state index in [9.17, 15) is 0 Å². The lowest BCUT2D eigenvalue weighted by Gasteiger charge is -2.22. The van der Waals surface area contributed by atoms with Crippen LogP contribution in [0.1, 0.15) is 40.3 Å². The van der Waals surface area contributed by atoms with Crippen LogP contribution in [0.4, 0.5) is 0 Å². The highest BCUT2D eigenvalue weighted by Crippen LogP contribution is 2.34. The first-order chi connectivity index (χ1) is 9.36. The number of hydrogen-bond donors (Lipinski definition) is 1. The first-order valence-corrected chi connectivity index (χ1v) is 7.90. The Bertz CT molecular complexity index is 547. The molecular weight excluding hydrogens is 252 g/mol. The molecule has 0 spiro atoms. The Morgan fingerprint density at radius 1 is 1.32 bits per heavy atom. The molecule has 1 unspecified atom stereocenters. The fourth-order valence-electron chi connectivity index (χ4n) is 2.75. The molecule has 100 valence electrons. The zero-order valence-electron chi connectivity index (χ0n) is 11.4. The summed E-state index contributed by atoms with van der Waals surface area (Å²) in [5, 5.41) is 4.69. The van der Waals surface area contributed by atoms with E-state index in [1.807, 2.05) is 17.5 Å². The lowest BCUT2D eigenvalue weighted by molar-refractivity contribution is 0.582. The molecule has 0 aliphatic heterocycles. The molecule has 0 fully saturated rings. The van der Waals surface area contributed by atoms with Gasteiger partial charge < -0.3 is 5.32 Å². The molecule has 0 radical (unpaired) electrons. The van der Waals surface area contributed by atoms with Crippen molar-refractivity contribution in [3.05, 3.63) is 51.5 Å². The summed E-state index contributed by atoms with van der Waals surface area (Å²) in [6.45, 7) is 4.11. The summed E-state index contributed by atoms with van der Waals surface area (Å²) in [5.74, 6) is 0.621. The number of benzene rings is 1. The van der Waals surface area contributed by atoms with Crippen molar-refractivity contribution in [1.82, 2.24) is 10.3 Å². The van der Waals surface area contributed by atoms with Crippen molar-refractivity contribution in [2.24, 2.45) is 0 Å². The van der Waals surface area contributed by atoms with Crippen molar-refractivity contribution >= 4 is 11.3 Å². The maximum absolute atomic E-state index is 4.64. The SMILES string of the molecule is CCNCc1cnc(C2CCc3ccccc3C2)s1. The number of nitrogens with zero attached hydrogens (tertiary/aromatic N) is 1. The first-order valence-electron chi connectivity index (χ1n) is 7.09. The number of rotatable bonds is 4. The van der Waals surface area contributed by atoms with Gasteiger partial charge in [0.25, 0.3) is 0 Å². The predicted molar refractivity (Wildman–Crippen MR) is 80.7 cm³/mol. The van der Waals surface area contributed by atoms with Gasteiger partial charge in [-0.1, -0.05) is 31.2 Å². The zero-order chi connectivity index (χ0) is 13.1. The minimum Gasteiger partial charge on any atom is -0.312 e. The molecule has 1 aromatic carbocycles. The van der Waals surface area contributed by atoms with E-state index in [0.717, 1.165) is 19.5 Å². The Morgan fingerprint density at radius 3 is 3.00 bits per heavy atom. The number of thiazole rings is 1. The van der Waals surface area contributed by atoms with Gasteiger partial charge >= 0.3 is 0 Å². The summed E-state index contributed by atoms with van der Waals surface area (Å²) in [5.41, 5.74) is 3.05. The van der Waals surface area contributed by atoms with E-state index in [-0.39, 0.29) is 0 Å². The third-order valence-corrected chi connectivity index (χ3v) is 4.98. The number of nitrogens with one attached hydrogen (secondary N) is 1. The van der Waals surface area contributed by atoms with Gasteiger partial charge in [-0.25, -0.2) is 4.98 Å². The Hall–Kier alpha value is -1.19. The number of aromatic nitrogens is 1. The van der Waals surface area contributed by atoms with Crippen LogP contribution in [0.15, 0.2) is 30.5 Å². The predicted octanol–water partition coefficient (Wildman–Crippen LogP) is 3.53. The quantitative estimate of drug-likeness (QED) is 0.921. The molecule has 0 bridgehead atoms. The lowest BCUT2D eigenvalue weighted by atomic mass is 9.84. The fraction of sp³-hybridized carbons (Fsp3) is 0.438. The Balaban J connectivity index is 1.72. The zero-order valence-corrected chi connectivity index (χ0v) is 12.2. The molecule has 1 atom stereocenters. The van der Waals surface area contributed by atoms with E-state index < -0.39 is 0 Å². The molecule has 1 aliphatic rings. The molecule has 1 aliphatic carbocycles. The van der Waals surface area contributed by atoms with Crippen LogP contribution >= 0.6 is 11.3 Å². The highest BCUT2D eigenvalue weighted by Gasteiger charge is 2.22. The Morgan fingerprint density at radius 2 is 2.16 bits per heavy atom. The van der Waals surface area contributed by atoms with Crippen LogP contribution < -0.4 is 5.32 Å². The summed E-state index contributed by atoms with van der Waals surface area (Å²) in [6.07, 6.45) is 5.64. The molecule has 3 rings (SSSR count). The van der Waals surface area contributed by atoms with Gasteiger partial charge in [-0.3, -0.25) is 0 Å². The second-order valence-electron chi connectivity index (χ2n) is 5.15.